The van der Waals surface area contributed by atoms with Crippen LogP contribution in [0.2, 0.25) is 0 Å². The number of H-pyrrole nitrogens is 1. The summed E-state index contributed by atoms with van der Waals surface area (Å²) in [4.78, 5) is 33.3. The van der Waals surface area contributed by atoms with Crippen molar-refractivity contribution in [2.24, 2.45) is 5.92 Å². The number of aromatic amines is 1. The van der Waals surface area contributed by atoms with E-state index in [0.717, 1.165) is 17.7 Å². The standard InChI is InChI=1S/C18H19N5O3/c1-11-6-16-20-8-14(18(25)23(16)22-11)17(24)21-15-10-26-9-13(15)7-12-2-4-19-5-3-12/h2-6,8,13,15,22H,7,9-10H2,1H3,(H,21,24)/t13-,15+/m1/s1. The van der Waals surface area contributed by atoms with Crippen molar-refractivity contribution in [3.8, 4) is 0 Å². The molecular formula is C18H19N5O3. The third-order valence-electron chi connectivity index (χ3n) is 4.63. The summed E-state index contributed by atoms with van der Waals surface area (Å²) in [5.41, 5.74) is 2.03. The van der Waals surface area contributed by atoms with Crippen LogP contribution in [0.5, 0.6) is 0 Å². The Bertz CT molecular complexity index is 995. The molecule has 0 spiro atoms. The van der Waals surface area contributed by atoms with E-state index >= 15 is 0 Å². The number of fused-ring (bicyclic) bond motifs is 1. The molecule has 0 aromatic carbocycles. The Balaban J connectivity index is 1.52. The molecule has 3 aromatic rings. The van der Waals surface area contributed by atoms with Gasteiger partial charge in [-0.3, -0.25) is 19.7 Å². The number of rotatable bonds is 4. The van der Waals surface area contributed by atoms with Crippen LogP contribution in [0.4, 0.5) is 0 Å². The van der Waals surface area contributed by atoms with Crippen LogP contribution >= 0.6 is 0 Å². The lowest BCUT2D eigenvalue weighted by atomic mass is 9.95. The zero-order valence-electron chi connectivity index (χ0n) is 14.3. The summed E-state index contributed by atoms with van der Waals surface area (Å²) in [6.07, 6.45) is 5.60. The maximum Gasteiger partial charge on any atom is 0.285 e. The molecule has 0 aliphatic carbocycles. The Hall–Kier alpha value is -3.00. The second-order valence-corrected chi connectivity index (χ2v) is 6.55. The summed E-state index contributed by atoms with van der Waals surface area (Å²) in [6.45, 7) is 2.83. The van der Waals surface area contributed by atoms with Gasteiger partial charge in [0.2, 0.25) is 0 Å². The van der Waals surface area contributed by atoms with Crippen LogP contribution in [0.15, 0.2) is 41.6 Å². The first-order valence-electron chi connectivity index (χ1n) is 8.46. The minimum absolute atomic E-state index is 0.0129. The largest absolute Gasteiger partial charge is 0.379 e. The van der Waals surface area contributed by atoms with E-state index in [1.165, 1.54) is 10.7 Å². The van der Waals surface area contributed by atoms with E-state index < -0.39 is 11.5 Å². The van der Waals surface area contributed by atoms with Crippen molar-refractivity contribution in [1.29, 1.82) is 0 Å². The van der Waals surface area contributed by atoms with Gasteiger partial charge in [0.25, 0.3) is 11.5 Å². The van der Waals surface area contributed by atoms with E-state index in [1.807, 2.05) is 19.1 Å². The first-order valence-corrected chi connectivity index (χ1v) is 8.46. The SMILES string of the molecule is Cc1cc2ncc(C(=O)N[C@H]3COC[C@H]3Cc3ccncc3)c(=O)n2[nH]1. The van der Waals surface area contributed by atoms with Crippen molar-refractivity contribution in [3.05, 3.63) is 64.0 Å². The van der Waals surface area contributed by atoms with E-state index in [2.05, 4.69) is 20.4 Å². The van der Waals surface area contributed by atoms with Gasteiger partial charge in [-0.25, -0.2) is 9.50 Å². The van der Waals surface area contributed by atoms with Gasteiger partial charge >= 0.3 is 0 Å². The zero-order valence-corrected chi connectivity index (χ0v) is 14.3. The van der Waals surface area contributed by atoms with Crippen LogP contribution < -0.4 is 10.9 Å². The molecule has 8 nitrogen and oxygen atoms in total. The van der Waals surface area contributed by atoms with Crippen LogP contribution in [0.3, 0.4) is 0 Å². The number of aromatic nitrogens is 4. The first kappa shape index (κ1) is 16.5. The lowest BCUT2D eigenvalue weighted by Crippen LogP contribution is -2.42. The fraction of sp³-hybridized carbons (Fsp3) is 0.333. The molecule has 0 saturated carbocycles. The molecule has 8 heteroatoms. The van der Waals surface area contributed by atoms with Crippen LogP contribution in [-0.2, 0) is 11.2 Å². The summed E-state index contributed by atoms with van der Waals surface area (Å²) >= 11 is 0. The molecule has 1 amide bonds. The Morgan fingerprint density at radius 3 is 3.00 bits per heavy atom. The summed E-state index contributed by atoms with van der Waals surface area (Å²) in [5.74, 6) is -0.284. The van der Waals surface area contributed by atoms with Crippen molar-refractivity contribution >= 4 is 11.6 Å². The maximum atomic E-state index is 12.6. The van der Waals surface area contributed by atoms with Crippen LogP contribution in [0, 0.1) is 12.8 Å². The predicted octanol–water partition coefficient (Wildman–Crippen LogP) is 0.714. The molecule has 2 N–H and O–H groups in total. The number of carbonyl (C=O) groups is 1. The molecule has 1 saturated heterocycles. The number of hydrogen-bond acceptors (Lipinski definition) is 5. The second-order valence-electron chi connectivity index (χ2n) is 6.55. The Morgan fingerprint density at radius 2 is 2.19 bits per heavy atom. The Labute approximate surface area is 149 Å². The predicted molar refractivity (Wildman–Crippen MR) is 94.1 cm³/mol. The van der Waals surface area contributed by atoms with Gasteiger partial charge in [-0.2, -0.15) is 0 Å². The lowest BCUT2D eigenvalue weighted by Gasteiger charge is -2.19. The molecule has 0 radical (unpaired) electrons. The Morgan fingerprint density at radius 1 is 1.38 bits per heavy atom. The highest BCUT2D eigenvalue weighted by molar-refractivity contribution is 5.94. The lowest BCUT2D eigenvalue weighted by molar-refractivity contribution is 0.0923. The van der Waals surface area contributed by atoms with Gasteiger partial charge in [-0.1, -0.05) is 0 Å². The summed E-state index contributed by atoms with van der Waals surface area (Å²) in [5, 5.41) is 5.82. The minimum atomic E-state index is -0.431. The van der Waals surface area contributed by atoms with Gasteiger partial charge in [0.15, 0.2) is 5.65 Å². The maximum absolute atomic E-state index is 12.6. The number of nitrogens with zero attached hydrogens (tertiary/aromatic N) is 3. The highest BCUT2D eigenvalue weighted by atomic mass is 16.5. The number of carbonyl (C=O) groups excluding carboxylic acids is 1. The molecular weight excluding hydrogens is 334 g/mol. The topological polar surface area (TPSA) is 101 Å². The van der Waals surface area contributed by atoms with Crippen molar-refractivity contribution < 1.29 is 9.53 Å². The molecule has 1 aliphatic heterocycles. The van der Waals surface area contributed by atoms with Crippen molar-refractivity contribution in [2.45, 2.75) is 19.4 Å². The Kier molecular flexibility index (Phi) is 4.26. The van der Waals surface area contributed by atoms with E-state index in [0.29, 0.717) is 18.9 Å². The molecule has 4 heterocycles. The van der Waals surface area contributed by atoms with Gasteiger partial charge in [-0.15, -0.1) is 0 Å². The normalized spacial score (nSPS) is 19.7. The van der Waals surface area contributed by atoms with Crippen LogP contribution in [-0.4, -0.2) is 44.7 Å². The number of hydrogen-bond donors (Lipinski definition) is 2. The molecule has 1 fully saturated rings. The molecule has 2 atom stereocenters. The average molecular weight is 353 g/mol. The van der Waals surface area contributed by atoms with Gasteiger partial charge in [0.05, 0.1) is 19.3 Å². The molecule has 0 unspecified atom stereocenters. The third kappa shape index (κ3) is 3.11. The van der Waals surface area contributed by atoms with Crippen molar-refractivity contribution in [1.82, 2.24) is 24.9 Å². The number of aryl methyl sites for hydroxylation is 1. The number of amides is 1. The molecule has 3 aromatic heterocycles. The first-order chi connectivity index (χ1) is 12.6. The van der Waals surface area contributed by atoms with E-state index in [1.54, 1.807) is 18.5 Å². The van der Waals surface area contributed by atoms with Crippen LogP contribution in [0.1, 0.15) is 21.6 Å². The van der Waals surface area contributed by atoms with Crippen molar-refractivity contribution in [2.75, 3.05) is 13.2 Å². The number of pyridine rings is 1. The summed E-state index contributed by atoms with van der Waals surface area (Å²) < 4.78 is 6.83. The average Bonchev–Trinajstić information content (AvgIpc) is 3.22. The fourth-order valence-electron chi connectivity index (χ4n) is 3.26. The van der Waals surface area contributed by atoms with Gasteiger partial charge in [0.1, 0.15) is 5.56 Å². The molecule has 134 valence electrons. The quantitative estimate of drug-likeness (QED) is 0.719. The van der Waals surface area contributed by atoms with E-state index in [9.17, 15) is 9.59 Å². The van der Waals surface area contributed by atoms with Gasteiger partial charge < -0.3 is 10.1 Å². The monoisotopic (exact) mass is 353 g/mol. The van der Waals surface area contributed by atoms with Crippen molar-refractivity contribution in [3.63, 3.8) is 0 Å². The number of nitrogens with one attached hydrogen (secondary N) is 2. The fourth-order valence-corrected chi connectivity index (χ4v) is 3.26. The van der Waals surface area contributed by atoms with Crippen LogP contribution in [0.25, 0.3) is 5.65 Å². The highest BCUT2D eigenvalue weighted by Gasteiger charge is 2.30. The molecule has 4 rings (SSSR count). The van der Waals surface area contributed by atoms with E-state index in [-0.39, 0.29) is 17.5 Å². The van der Waals surface area contributed by atoms with Gasteiger partial charge in [0, 0.05) is 36.3 Å². The third-order valence-corrected chi connectivity index (χ3v) is 4.63. The molecule has 26 heavy (non-hydrogen) atoms. The summed E-state index contributed by atoms with van der Waals surface area (Å²) in [6, 6.07) is 5.50. The van der Waals surface area contributed by atoms with E-state index in [4.69, 9.17) is 4.74 Å². The smallest absolute Gasteiger partial charge is 0.285 e. The summed E-state index contributed by atoms with van der Waals surface area (Å²) in [7, 11) is 0. The zero-order chi connectivity index (χ0) is 18.1. The second kappa shape index (κ2) is 6.72. The molecule has 1 aliphatic rings. The number of ether oxygens (including phenoxy) is 1. The minimum Gasteiger partial charge on any atom is -0.379 e. The highest BCUT2D eigenvalue weighted by Crippen LogP contribution is 2.19. The van der Waals surface area contributed by atoms with Gasteiger partial charge in [-0.05, 0) is 31.0 Å². The molecule has 0 bridgehead atoms.